The number of carbonyl (C=O) groups excluding carboxylic acids is 2. The van der Waals surface area contributed by atoms with Crippen LogP contribution in [0.1, 0.15) is 12.5 Å². The Balaban J connectivity index is 1.99. The smallest absolute Gasteiger partial charge is 0.252 e. The summed E-state index contributed by atoms with van der Waals surface area (Å²) in [5, 5.41) is 6.61. The van der Waals surface area contributed by atoms with E-state index in [9.17, 15) is 9.59 Å². The maximum absolute atomic E-state index is 12.3. The minimum atomic E-state index is -0.941. The maximum atomic E-state index is 12.3. The van der Waals surface area contributed by atoms with Gasteiger partial charge in [-0.1, -0.05) is 34.0 Å². The molecule has 0 bridgehead atoms. The molecule has 2 amide bonds. The standard InChI is InChI=1S/C20H17Br2N3O3/c1-3-10-28-18-9-8-15(21)11-14(18)12-23-25-20(27)13(2)19(26)24-17-7-5-4-6-16(17)22/h1,4-9,11-13H,10H2,2H3,(H,24,26)(H,25,27). The number of hydrogen-bond acceptors (Lipinski definition) is 4. The Labute approximate surface area is 180 Å². The third-order valence-corrected chi connectivity index (χ3v) is 4.76. The molecule has 0 aromatic heterocycles. The van der Waals surface area contributed by atoms with Gasteiger partial charge >= 0.3 is 0 Å². The van der Waals surface area contributed by atoms with Crippen molar-refractivity contribution >= 4 is 55.6 Å². The number of nitrogens with one attached hydrogen (secondary N) is 2. The average molecular weight is 507 g/mol. The van der Waals surface area contributed by atoms with E-state index in [-0.39, 0.29) is 6.61 Å². The van der Waals surface area contributed by atoms with Crippen LogP contribution in [-0.2, 0) is 9.59 Å². The second-order valence-corrected chi connectivity index (χ2v) is 7.37. The molecule has 0 spiro atoms. The van der Waals surface area contributed by atoms with Crippen LogP contribution in [-0.4, -0.2) is 24.6 Å². The van der Waals surface area contributed by atoms with Crippen molar-refractivity contribution in [3.05, 3.63) is 57.0 Å². The van der Waals surface area contributed by atoms with E-state index in [4.69, 9.17) is 11.2 Å². The number of halogens is 2. The zero-order valence-electron chi connectivity index (χ0n) is 14.9. The molecule has 2 rings (SSSR count). The molecule has 28 heavy (non-hydrogen) atoms. The first kappa shape index (κ1) is 21.7. The molecule has 0 saturated carbocycles. The predicted molar refractivity (Wildman–Crippen MR) is 116 cm³/mol. The van der Waals surface area contributed by atoms with Gasteiger partial charge in [-0.3, -0.25) is 9.59 Å². The molecular weight excluding hydrogens is 490 g/mol. The molecule has 0 radical (unpaired) electrons. The first-order valence-electron chi connectivity index (χ1n) is 8.16. The Morgan fingerprint density at radius 3 is 2.71 bits per heavy atom. The van der Waals surface area contributed by atoms with E-state index in [2.05, 4.69) is 53.6 Å². The van der Waals surface area contributed by atoms with Gasteiger partial charge in [-0.05, 0) is 53.2 Å². The van der Waals surface area contributed by atoms with E-state index in [1.807, 2.05) is 6.07 Å². The summed E-state index contributed by atoms with van der Waals surface area (Å²) in [5.41, 5.74) is 3.57. The predicted octanol–water partition coefficient (Wildman–Crippen LogP) is 3.95. The lowest BCUT2D eigenvalue weighted by atomic mass is 10.1. The van der Waals surface area contributed by atoms with Crippen LogP contribution in [0.3, 0.4) is 0 Å². The van der Waals surface area contributed by atoms with Crippen LogP contribution in [0.2, 0.25) is 0 Å². The van der Waals surface area contributed by atoms with Gasteiger partial charge in [0.05, 0.1) is 11.9 Å². The number of rotatable bonds is 7. The Morgan fingerprint density at radius 1 is 1.25 bits per heavy atom. The number of benzene rings is 2. The minimum absolute atomic E-state index is 0.112. The van der Waals surface area contributed by atoms with Crippen LogP contribution < -0.4 is 15.5 Å². The molecular formula is C20H17Br2N3O3. The number of anilines is 1. The lowest BCUT2D eigenvalue weighted by molar-refractivity contribution is -0.131. The second-order valence-electron chi connectivity index (χ2n) is 5.60. The molecule has 0 aliphatic heterocycles. The van der Waals surface area contributed by atoms with Crippen LogP contribution >= 0.6 is 31.9 Å². The molecule has 0 aliphatic carbocycles. The van der Waals surface area contributed by atoms with Crippen molar-refractivity contribution in [3.8, 4) is 18.1 Å². The van der Waals surface area contributed by atoms with E-state index in [1.54, 1.807) is 36.4 Å². The van der Waals surface area contributed by atoms with Gasteiger partial charge in [0, 0.05) is 14.5 Å². The Morgan fingerprint density at radius 2 is 2.00 bits per heavy atom. The number of carbonyl (C=O) groups is 2. The molecule has 2 aromatic rings. The summed E-state index contributed by atoms with van der Waals surface area (Å²) in [6.07, 6.45) is 6.63. The number of terminal acetylenes is 1. The molecule has 0 fully saturated rings. The zero-order valence-corrected chi connectivity index (χ0v) is 18.1. The summed E-state index contributed by atoms with van der Waals surface area (Å²) >= 11 is 6.71. The van der Waals surface area contributed by atoms with Crippen LogP contribution in [0, 0.1) is 18.3 Å². The fraction of sp³-hybridized carbons (Fsp3) is 0.150. The van der Waals surface area contributed by atoms with Crippen LogP contribution in [0.5, 0.6) is 5.75 Å². The summed E-state index contributed by atoms with van der Waals surface area (Å²) in [5.74, 6) is 0.989. The number of ether oxygens (including phenoxy) is 1. The first-order chi connectivity index (χ1) is 13.4. The molecule has 0 saturated heterocycles. The molecule has 144 valence electrons. The second kappa shape index (κ2) is 10.6. The van der Waals surface area contributed by atoms with E-state index < -0.39 is 17.7 Å². The van der Waals surface area contributed by atoms with Gasteiger partial charge in [-0.2, -0.15) is 5.10 Å². The van der Waals surface area contributed by atoms with Crippen molar-refractivity contribution in [2.75, 3.05) is 11.9 Å². The maximum Gasteiger partial charge on any atom is 0.252 e. The van der Waals surface area contributed by atoms with Crippen molar-refractivity contribution in [2.24, 2.45) is 11.0 Å². The third-order valence-electron chi connectivity index (χ3n) is 3.58. The summed E-state index contributed by atoms with van der Waals surface area (Å²) in [6, 6.07) is 12.4. The van der Waals surface area contributed by atoms with Crippen LogP contribution in [0.25, 0.3) is 0 Å². The first-order valence-corrected chi connectivity index (χ1v) is 9.75. The van der Waals surface area contributed by atoms with Crippen LogP contribution in [0.4, 0.5) is 5.69 Å². The van der Waals surface area contributed by atoms with Crippen LogP contribution in [0.15, 0.2) is 56.5 Å². The van der Waals surface area contributed by atoms with Crippen molar-refractivity contribution in [2.45, 2.75) is 6.92 Å². The molecule has 6 nitrogen and oxygen atoms in total. The summed E-state index contributed by atoms with van der Waals surface area (Å²) in [7, 11) is 0. The molecule has 1 atom stereocenters. The normalized spacial score (nSPS) is 11.5. The fourth-order valence-corrected chi connectivity index (χ4v) is 2.82. The van der Waals surface area contributed by atoms with Gasteiger partial charge < -0.3 is 10.1 Å². The molecule has 0 aliphatic rings. The lowest BCUT2D eigenvalue weighted by Crippen LogP contribution is -2.34. The molecule has 1 unspecified atom stereocenters. The van der Waals surface area contributed by atoms with Gasteiger partial charge in [0.2, 0.25) is 5.91 Å². The SMILES string of the molecule is C#CCOc1ccc(Br)cc1C=NNC(=O)C(C)C(=O)Nc1ccccc1Br. The highest BCUT2D eigenvalue weighted by Crippen LogP contribution is 2.22. The lowest BCUT2D eigenvalue weighted by Gasteiger charge is -2.12. The summed E-state index contributed by atoms with van der Waals surface area (Å²) in [4.78, 5) is 24.5. The Kier molecular flexibility index (Phi) is 8.23. The van der Waals surface area contributed by atoms with E-state index in [1.165, 1.54) is 13.1 Å². The molecule has 8 heteroatoms. The monoisotopic (exact) mass is 505 g/mol. The Bertz CT molecular complexity index is 939. The zero-order chi connectivity index (χ0) is 20.5. The third kappa shape index (κ3) is 6.22. The highest BCUT2D eigenvalue weighted by Gasteiger charge is 2.21. The van der Waals surface area contributed by atoms with Gasteiger partial charge in [0.1, 0.15) is 18.3 Å². The highest BCUT2D eigenvalue weighted by atomic mass is 79.9. The molecule has 2 N–H and O–H groups in total. The van der Waals surface area contributed by atoms with Gasteiger partial charge in [-0.25, -0.2) is 5.43 Å². The number of hydrazone groups is 1. The van der Waals surface area contributed by atoms with E-state index in [0.717, 1.165) is 8.95 Å². The average Bonchev–Trinajstić information content (AvgIpc) is 2.68. The number of amides is 2. The van der Waals surface area contributed by atoms with Crippen molar-refractivity contribution in [1.82, 2.24) is 5.43 Å². The van der Waals surface area contributed by atoms with E-state index >= 15 is 0 Å². The van der Waals surface area contributed by atoms with Gasteiger partial charge in [0.15, 0.2) is 0 Å². The highest BCUT2D eigenvalue weighted by molar-refractivity contribution is 9.10. The number of nitrogens with zero attached hydrogens (tertiary/aromatic N) is 1. The van der Waals surface area contributed by atoms with Crippen molar-refractivity contribution in [3.63, 3.8) is 0 Å². The van der Waals surface area contributed by atoms with Crippen molar-refractivity contribution in [1.29, 1.82) is 0 Å². The van der Waals surface area contributed by atoms with Gasteiger partial charge in [-0.15, -0.1) is 6.42 Å². The summed E-state index contributed by atoms with van der Waals surface area (Å²) < 4.78 is 6.97. The Hall–Kier alpha value is -2.63. The van der Waals surface area contributed by atoms with Gasteiger partial charge in [0.25, 0.3) is 5.91 Å². The molecule has 0 heterocycles. The molecule has 2 aromatic carbocycles. The van der Waals surface area contributed by atoms with E-state index in [0.29, 0.717) is 17.0 Å². The minimum Gasteiger partial charge on any atom is -0.480 e. The fourth-order valence-electron chi connectivity index (χ4n) is 2.06. The topological polar surface area (TPSA) is 79.8 Å². The quantitative estimate of drug-likeness (QED) is 0.258. The summed E-state index contributed by atoms with van der Waals surface area (Å²) in [6.45, 7) is 1.61. The number of hydrogen-bond donors (Lipinski definition) is 2. The number of para-hydroxylation sites is 1. The largest absolute Gasteiger partial charge is 0.480 e. The van der Waals surface area contributed by atoms with Crippen molar-refractivity contribution < 1.29 is 14.3 Å².